The van der Waals surface area contributed by atoms with Crippen LogP contribution < -0.4 is 0 Å². The summed E-state index contributed by atoms with van der Waals surface area (Å²) in [6, 6.07) is 0. The SMILES string of the molecule is CCc1nn(C)c2c1nc(CCl)n2CC(CC)CC. The van der Waals surface area contributed by atoms with E-state index >= 15 is 0 Å². The van der Waals surface area contributed by atoms with Crippen molar-refractivity contribution >= 4 is 22.8 Å². The molecule has 19 heavy (non-hydrogen) atoms. The molecule has 0 N–H and O–H groups in total. The summed E-state index contributed by atoms with van der Waals surface area (Å²) >= 11 is 6.07. The van der Waals surface area contributed by atoms with Gasteiger partial charge in [-0.15, -0.1) is 11.6 Å². The lowest BCUT2D eigenvalue weighted by Crippen LogP contribution is -2.13. The third-order valence-electron chi connectivity index (χ3n) is 3.92. The van der Waals surface area contributed by atoms with E-state index in [0.717, 1.165) is 35.6 Å². The molecule has 0 bridgehead atoms. The number of aryl methyl sites for hydroxylation is 2. The van der Waals surface area contributed by atoms with Crippen molar-refractivity contribution in [2.24, 2.45) is 13.0 Å². The average molecular weight is 283 g/mol. The van der Waals surface area contributed by atoms with E-state index in [1.807, 2.05) is 11.7 Å². The van der Waals surface area contributed by atoms with Crippen LogP contribution in [0.5, 0.6) is 0 Å². The smallest absolute Gasteiger partial charge is 0.158 e. The minimum Gasteiger partial charge on any atom is -0.312 e. The molecule has 0 spiro atoms. The van der Waals surface area contributed by atoms with Gasteiger partial charge in [-0.25, -0.2) is 4.98 Å². The van der Waals surface area contributed by atoms with Gasteiger partial charge in [0.15, 0.2) is 5.65 Å². The van der Waals surface area contributed by atoms with E-state index < -0.39 is 0 Å². The first-order valence-corrected chi connectivity index (χ1v) is 7.66. The Hall–Kier alpha value is -1.03. The number of fused-ring (bicyclic) bond motifs is 1. The van der Waals surface area contributed by atoms with Crippen molar-refractivity contribution in [3.05, 3.63) is 11.5 Å². The molecule has 0 aliphatic rings. The van der Waals surface area contributed by atoms with Crippen molar-refractivity contribution in [2.75, 3.05) is 0 Å². The summed E-state index contributed by atoms with van der Waals surface area (Å²) < 4.78 is 4.20. The van der Waals surface area contributed by atoms with Crippen LogP contribution in [-0.4, -0.2) is 19.3 Å². The molecular weight excluding hydrogens is 260 g/mol. The lowest BCUT2D eigenvalue weighted by atomic mass is 10.0. The van der Waals surface area contributed by atoms with Gasteiger partial charge in [-0.2, -0.15) is 5.10 Å². The van der Waals surface area contributed by atoms with Crippen molar-refractivity contribution in [3.63, 3.8) is 0 Å². The number of halogens is 1. The fourth-order valence-corrected chi connectivity index (χ4v) is 2.83. The van der Waals surface area contributed by atoms with Gasteiger partial charge in [0.2, 0.25) is 0 Å². The third kappa shape index (κ3) is 2.50. The van der Waals surface area contributed by atoms with Crippen LogP contribution in [0.2, 0.25) is 0 Å². The van der Waals surface area contributed by atoms with Crippen LogP contribution in [0.15, 0.2) is 0 Å². The minimum atomic E-state index is 0.456. The highest BCUT2D eigenvalue weighted by Crippen LogP contribution is 2.23. The van der Waals surface area contributed by atoms with Gasteiger partial charge < -0.3 is 4.57 Å². The number of hydrogen-bond acceptors (Lipinski definition) is 2. The van der Waals surface area contributed by atoms with Gasteiger partial charge in [0.05, 0.1) is 11.6 Å². The maximum atomic E-state index is 6.07. The van der Waals surface area contributed by atoms with Crippen LogP contribution in [0.4, 0.5) is 0 Å². The van der Waals surface area contributed by atoms with E-state index in [0.29, 0.717) is 11.8 Å². The number of aromatic nitrogens is 4. The minimum absolute atomic E-state index is 0.456. The molecular formula is C14H23ClN4. The van der Waals surface area contributed by atoms with Gasteiger partial charge in [0, 0.05) is 13.6 Å². The zero-order chi connectivity index (χ0) is 14.0. The summed E-state index contributed by atoms with van der Waals surface area (Å²) in [6.45, 7) is 7.57. The van der Waals surface area contributed by atoms with Gasteiger partial charge in [-0.05, 0) is 12.3 Å². The molecule has 2 aromatic rings. The molecule has 106 valence electrons. The number of alkyl halides is 1. The maximum Gasteiger partial charge on any atom is 0.158 e. The van der Waals surface area contributed by atoms with E-state index in [4.69, 9.17) is 16.6 Å². The number of rotatable bonds is 6. The van der Waals surface area contributed by atoms with Crippen molar-refractivity contribution in [1.82, 2.24) is 19.3 Å². The Balaban J connectivity index is 2.53. The third-order valence-corrected chi connectivity index (χ3v) is 4.16. The summed E-state index contributed by atoms with van der Waals surface area (Å²) in [5.74, 6) is 2.09. The van der Waals surface area contributed by atoms with Crippen LogP contribution in [0.1, 0.15) is 45.1 Å². The molecule has 0 aromatic carbocycles. The molecule has 0 saturated heterocycles. The Labute approximate surface area is 119 Å². The van der Waals surface area contributed by atoms with Crippen LogP contribution in [0.25, 0.3) is 11.2 Å². The molecule has 2 heterocycles. The second-order valence-electron chi connectivity index (χ2n) is 5.05. The van der Waals surface area contributed by atoms with Gasteiger partial charge in [-0.1, -0.05) is 33.6 Å². The summed E-state index contributed by atoms with van der Waals surface area (Å²) in [4.78, 5) is 4.69. The molecule has 2 rings (SSSR count). The van der Waals surface area contributed by atoms with Gasteiger partial charge in [0.1, 0.15) is 11.3 Å². The maximum absolute atomic E-state index is 6.07. The monoisotopic (exact) mass is 282 g/mol. The second kappa shape index (κ2) is 5.95. The summed E-state index contributed by atoms with van der Waals surface area (Å²) in [6.07, 6.45) is 3.26. The van der Waals surface area contributed by atoms with E-state index in [1.165, 1.54) is 12.8 Å². The molecule has 0 radical (unpaired) electrons. The van der Waals surface area contributed by atoms with E-state index in [1.54, 1.807) is 0 Å². The molecule has 0 saturated carbocycles. The van der Waals surface area contributed by atoms with Crippen LogP contribution in [0.3, 0.4) is 0 Å². The van der Waals surface area contributed by atoms with Crippen LogP contribution >= 0.6 is 11.6 Å². The fraction of sp³-hybridized carbons (Fsp3) is 0.714. The molecule has 2 aromatic heterocycles. The van der Waals surface area contributed by atoms with Gasteiger partial charge in [-0.3, -0.25) is 4.68 Å². The fourth-order valence-electron chi connectivity index (χ4n) is 2.62. The first kappa shape index (κ1) is 14.4. The normalized spacial score (nSPS) is 11.9. The largest absolute Gasteiger partial charge is 0.312 e. The van der Waals surface area contributed by atoms with E-state index in [9.17, 15) is 0 Å². The molecule has 0 unspecified atom stereocenters. The summed E-state index contributed by atoms with van der Waals surface area (Å²) in [5, 5.41) is 4.55. The molecule has 0 aliphatic carbocycles. The van der Waals surface area contributed by atoms with Gasteiger partial charge >= 0.3 is 0 Å². The van der Waals surface area contributed by atoms with E-state index in [-0.39, 0.29) is 0 Å². The lowest BCUT2D eigenvalue weighted by molar-refractivity contribution is 0.415. The molecule has 5 heteroatoms. The second-order valence-corrected chi connectivity index (χ2v) is 5.32. The Morgan fingerprint density at radius 1 is 1.21 bits per heavy atom. The Morgan fingerprint density at radius 2 is 1.89 bits per heavy atom. The van der Waals surface area contributed by atoms with Crippen molar-refractivity contribution in [1.29, 1.82) is 0 Å². The first-order chi connectivity index (χ1) is 9.15. The number of hydrogen-bond donors (Lipinski definition) is 0. The molecule has 0 fully saturated rings. The lowest BCUT2D eigenvalue weighted by Gasteiger charge is -2.15. The highest BCUT2D eigenvalue weighted by molar-refractivity contribution is 6.16. The predicted octanol–water partition coefficient (Wildman–Crippen LogP) is 3.51. The number of imidazole rings is 1. The highest BCUT2D eigenvalue weighted by Gasteiger charge is 2.19. The van der Waals surface area contributed by atoms with Crippen LogP contribution in [0, 0.1) is 5.92 Å². The van der Waals surface area contributed by atoms with Crippen molar-refractivity contribution < 1.29 is 0 Å². The Kier molecular flexibility index (Phi) is 4.50. The average Bonchev–Trinajstić information content (AvgIpc) is 2.94. The Morgan fingerprint density at radius 3 is 2.42 bits per heavy atom. The van der Waals surface area contributed by atoms with Crippen molar-refractivity contribution in [2.45, 2.75) is 52.5 Å². The molecule has 0 amide bonds. The topological polar surface area (TPSA) is 35.6 Å². The van der Waals surface area contributed by atoms with Gasteiger partial charge in [0.25, 0.3) is 0 Å². The Bertz CT molecular complexity index is 551. The molecule has 0 atom stereocenters. The quantitative estimate of drug-likeness (QED) is 0.760. The van der Waals surface area contributed by atoms with Crippen molar-refractivity contribution in [3.8, 4) is 0 Å². The highest BCUT2D eigenvalue weighted by atomic mass is 35.5. The standard InChI is InChI=1S/C14H23ClN4/c1-5-10(6-2)9-19-12(8-15)16-13-11(7-3)17-18(4)14(13)19/h10H,5-9H2,1-4H3. The molecule has 0 aliphatic heterocycles. The first-order valence-electron chi connectivity index (χ1n) is 7.13. The van der Waals surface area contributed by atoms with Crippen LogP contribution in [-0.2, 0) is 25.9 Å². The zero-order valence-corrected chi connectivity index (χ0v) is 13.0. The summed E-state index contributed by atoms with van der Waals surface area (Å²) in [7, 11) is 1.99. The predicted molar refractivity (Wildman–Crippen MR) is 79.5 cm³/mol. The zero-order valence-electron chi connectivity index (χ0n) is 12.3. The van der Waals surface area contributed by atoms with E-state index in [2.05, 4.69) is 30.4 Å². The summed E-state index contributed by atoms with van der Waals surface area (Å²) in [5.41, 5.74) is 3.19. The number of nitrogens with zero attached hydrogens (tertiary/aromatic N) is 4. The molecule has 4 nitrogen and oxygen atoms in total.